The van der Waals surface area contributed by atoms with Gasteiger partial charge in [-0.3, -0.25) is 0 Å². The molecule has 0 radical (unpaired) electrons. The summed E-state index contributed by atoms with van der Waals surface area (Å²) in [7, 11) is 1.70. The molecule has 1 heterocycles. The van der Waals surface area contributed by atoms with Crippen molar-refractivity contribution in [3.05, 3.63) is 124 Å². The van der Waals surface area contributed by atoms with Gasteiger partial charge in [-0.05, 0) is 63.9 Å². The zero-order valence-corrected chi connectivity index (χ0v) is 21.7. The number of benzene rings is 4. The van der Waals surface area contributed by atoms with Gasteiger partial charge in [-0.15, -0.1) is 0 Å². The molecule has 184 valence electrons. The molecular formula is C33H34O3. The molecule has 0 bridgehead atoms. The third-order valence-electron chi connectivity index (χ3n) is 7.46. The molecule has 1 N–H and O–H groups in total. The van der Waals surface area contributed by atoms with Gasteiger partial charge in [0.1, 0.15) is 17.2 Å². The second-order valence-corrected chi connectivity index (χ2v) is 10.3. The van der Waals surface area contributed by atoms with Gasteiger partial charge in [0.2, 0.25) is 0 Å². The highest BCUT2D eigenvalue weighted by molar-refractivity contribution is 5.70. The first-order chi connectivity index (χ1) is 17.4. The van der Waals surface area contributed by atoms with E-state index in [9.17, 15) is 5.11 Å². The molecule has 0 fully saturated rings. The SMILES string of the molecule is COc1ccc(C2(c3ccc(CO)cc3)c3cc(C(C)C)ccc3Oc3ccc(C(C)C)cc32)cc1. The fourth-order valence-electron chi connectivity index (χ4n) is 5.33. The van der Waals surface area contributed by atoms with Gasteiger partial charge in [-0.25, -0.2) is 0 Å². The van der Waals surface area contributed by atoms with Crippen LogP contribution in [0.4, 0.5) is 0 Å². The summed E-state index contributed by atoms with van der Waals surface area (Å²) in [6.45, 7) is 8.91. The third kappa shape index (κ3) is 3.88. The van der Waals surface area contributed by atoms with Crippen molar-refractivity contribution in [2.75, 3.05) is 7.11 Å². The van der Waals surface area contributed by atoms with Crippen molar-refractivity contribution >= 4 is 0 Å². The summed E-state index contributed by atoms with van der Waals surface area (Å²) in [6.07, 6.45) is 0. The summed E-state index contributed by atoms with van der Waals surface area (Å²) in [5.74, 6) is 3.31. The van der Waals surface area contributed by atoms with E-state index in [1.54, 1.807) is 7.11 Å². The molecule has 1 aliphatic heterocycles. The first-order valence-corrected chi connectivity index (χ1v) is 12.7. The molecule has 3 heteroatoms. The molecule has 0 saturated carbocycles. The Morgan fingerprint density at radius 2 is 1.17 bits per heavy atom. The maximum Gasteiger partial charge on any atom is 0.132 e. The zero-order chi connectivity index (χ0) is 25.4. The van der Waals surface area contributed by atoms with Gasteiger partial charge in [0, 0.05) is 11.1 Å². The van der Waals surface area contributed by atoms with Crippen LogP contribution in [0.1, 0.15) is 78.5 Å². The van der Waals surface area contributed by atoms with Crippen LogP contribution in [0, 0.1) is 0 Å². The van der Waals surface area contributed by atoms with E-state index >= 15 is 0 Å². The van der Waals surface area contributed by atoms with Crippen molar-refractivity contribution in [3.63, 3.8) is 0 Å². The Morgan fingerprint density at radius 1 is 0.694 bits per heavy atom. The highest BCUT2D eigenvalue weighted by atomic mass is 16.5. The number of fused-ring (bicyclic) bond motifs is 2. The predicted molar refractivity (Wildman–Crippen MR) is 145 cm³/mol. The van der Waals surface area contributed by atoms with Gasteiger partial charge in [-0.2, -0.15) is 0 Å². The summed E-state index contributed by atoms with van der Waals surface area (Å²) in [6, 6.07) is 30.0. The highest BCUT2D eigenvalue weighted by Crippen LogP contribution is 2.56. The molecule has 36 heavy (non-hydrogen) atoms. The number of aliphatic hydroxyl groups excluding tert-OH is 1. The number of rotatable bonds is 6. The maximum absolute atomic E-state index is 9.75. The van der Waals surface area contributed by atoms with Crippen LogP contribution in [0.3, 0.4) is 0 Å². The van der Waals surface area contributed by atoms with E-state index in [2.05, 4.69) is 88.4 Å². The van der Waals surface area contributed by atoms with Gasteiger partial charge in [0.05, 0.1) is 19.1 Å². The first-order valence-electron chi connectivity index (χ1n) is 12.7. The van der Waals surface area contributed by atoms with Gasteiger partial charge in [0.25, 0.3) is 0 Å². The van der Waals surface area contributed by atoms with Crippen LogP contribution >= 0.6 is 0 Å². The Balaban J connectivity index is 1.93. The number of methoxy groups -OCH3 is 1. The average molecular weight is 479 g/mol. The smallest absolute Gasteiger partial charge is 0.132 e. The van der Waals surface area contributed by atoms with E-state index in [0.717, 1.165) is 45.1 Å². The molecule has 0 aromatic heterocycles. The lowest BCUT2D eigenvalue weighted by Gasteiger charge is -2.42. The van der Waals surface area contributed by atoms with E-state index < -0.39 is 5.41 Å². The lowest BCUT2D eigenvalue weighted by Crippen LogP contribution is -2.34. The van der Waals surface area contributed by atoms with E-state index in [4.69, 9.17) is 9.47 Å². The molecule has 0 unspecified atom stereocenters. The van der Waals surface area contributed by atoms with E-state index in [1.807, 2.05) is 24.3 Å². The minimum absolute atomic E-state index is 0.0150. The Kier molecular flexibility index (Phi) is 6.36. The highest BCUT2D eigenvalue weighted by Gasteiger charge is 2.45. The number of aliphatic hydroxyl groups is 1. The van der Waals surface area contributed by atoms with Crippen LogP contribution in [-0.4, -0.2) is 12.2 Å². The third-order valence-corrected chi connectivity index (χ3v) is 7.46. The van der Waals surface area contributed by atoms with E-state index in [-0.39, 0.29) is 6.61 Å². The largest absolute Gasteiger partial charge is 0.497 e. The molecule has 0 saturated heterocycles. The van der Waals surface area contributed by atoms with Crippen molar-refractivity contribution in [2.24, 2.45) is 0 Å². The molecular weight excluding hydrogens is 444 g/mol. The molecule has 5 rings (SSSR count). The normalized spacial score (nSPS) is 13.8. The minimum Gasteiger partial charge on any atom is -0.497 e. The second kappa shape index (κ2) is 9.48. The lowest BCUT2D eigenvalue weighted by molar-refractivity contribution is 0.282. The maximum atomic E-state index is 9.75. The molecule has 0 amide bonds. The van der Waals surface area contributed by atoms with Crippen LogP contribution in [0.15, 0.2) is 84.9 Å². The average Bonchev–Trinajstić information content (AvgIpc) is 2.91. The Hall–Kier alpha value is -3.56. The zero-order valence-electron chi connectivity index (χ0n) is 21.7. The standard InChI is InChI=1S/C33H34O3/c1-21(2)24-8-16-31-29(18-24)33(26-10-6-23(20-34)7-11-26,27-12-14-28(35-5)15-13-27)30-19-25(22(3)4)9-17-32(30)36-31/h6-19,21-22,34H,20H2,1-5H3. The van der Waals surface area contributed by atoms with Crippen LogP contribution in [0.25, 0.3) is 0 Å². The summed E-state index contributed by atoms with van der Waals surface area (Å²) >= 11 is 0. The van der Waals surface area contributed by atoms with Gasteiger partial charge in [-0.1, -0.05) is 88.4 Å². The first kappa shape index (κ1) is 24.1. The van der Waals surface area contributed by atoms with Gasteiger partial charge in [0.15, 0.2) is 0 Å². The van der Waals surface area contributed by atoms with Crippen molar-refractivity contribution < 1.29 is 14.6 Å². The number of hydrogen-bond donors (Lipinski definition) is 1. The molecule has 4 aromatic carbocycles. The fourth-order valence-corrected chi connectivity index (χ4v) is 5.33. The number of ether oxygens (including phenoxy) is 2. The summed E-state index contributed by atoms with van der Waals surface area (Å²) < 4.78 is 12.1. The van der Waals surface area contributed by atoms with Gasteiger partial charge < -0.3 is 14.6 Å². The van der Waals surface area contributed by atoms with Crippen LogP contribution < -0.4 is 9.47 Å². The Bertz CT molecular complexity index is 1260. The summed E-state index contributed by atoms with van der Waals surface area (Å²) in [4.78, 5) is 0. The Labute approximate surface area is 214 Å². The minimum atomic E-state index is -0.598. The van der Waals surface area contributed by atoms with Crippen LogP contribution in [0.2, 0.25) is 0 Å². The summed E-state index contributed by atoms with van der Waals surface area (Å²) in [5, 5.41) is 9.75. The van der Waals surface area contributed by atoms with Gasteiger partial charge >= 0.3 is 0 Å². The molecule has 3 nitrogen and oxygen atoms in total. The molecule has 0 spiro atoms. The molecule has 1 aliphatic rings. The topological polar surface area (TPSA) is 38.7 Å². The second-order valence-electron chi connectivity index (χ2n) is 10.3. The van der Waals surface area contributed by atoms with Crippen molar-refractivity contribution in [1.82, 2.24) is 0 Å². The monoisotopic (exact) mass is 478 g/mol. The lowest BCUT2D eigenvalue weighted by atomic mass is 9.63. The quantitative estimate of drug-likeness (QED) is 0.269. The molecule has 0 aliphatic carbocycles. The van der Waals surface area contributed by atoms with Crippen molar-refractivity contribution in [1.29, 1.82) is 0 Å². The Morgan fingerprint density at radius 3 is 1.58 bits per heavy atom. The molecule has 4 aromatic rings. The van der Waals surface area contributed by atoms with E-state index in [0.29, 0.717) is 11.8 Å². The molecule has 0 atom stereocenters. The van der Waals surface area contributed by atoms with E-state index in [1.165, 1.54) is 11.1 Å². The fraction of sp³-hybridized carbons (Fsp3) is 0.273. The van der Waals surface area contributed by atoms with Crippen LogP contribution in [0.5, 0.6) is 17.2 Å². The van der Waals surface area contributed by atoms with Crippen molar-refractivity contribution in [2.45, 2.75) is 51.6 Å². The predicted octanol–water partition coefficient (Wildman–Crippen LogP) is 7.92. The van der Waals surface area contributed by atoms with Crippen LogP contribution in [-0.2, 0) is 12.0 Å². The summed E-state index contributed by atoms with van der Waals surface area (Å²) in [5.41, 5.74) is 7.37. The number of hydrogen-bond acceptors (Lipinski definition) is 3. The van der Waals surface area contributed by atoms with Crippen molar-refractivity contribution in [3.8, 4) is 17.2 Å².